The fourth-order valence-corrected chi connectivity index (χ4v) is 2.91. The molecule has 0 atom stereocenters. The zero-order valence-electron chi connectivity index (χ0n) is 10.3. The molecule has 2 heterocycles. The molecule has 0 bridgehead atoms. The minimum absolute atomic E-state index is 0.224. The van der Waals surface area contributed by atoms with Crippen LogP contribution in [0.1, 0.15) is 12.6 Å². The first-order valence-corrected chi connectivity index (χ1v) is 7.33. The second-order valence-electron chi connectivity index (χ2n) is 3.93. The Morgan fingerprint density at radius 3 is 2.78 bits per heavy atom. The molecule has 100 valence electrons. The Bertz CT molecular complexity index is 405. The van der Waals surface area contributed by atoms with Crippen LogP contribution in [-0.2, 0) is 10.6 Å². The van der Waals surface area contributed by atoms with Gasteiger partial charge in [0.1, 0.15) is 0 Å². The highest BCUT2D eigenvalue weighted by Gasteiger charge is 2.23. The molecule has 0 N–H and O–H groups in total. The van der Waals surface area contributed by atoms with Crippen LogP contribution in [0.15, 0.2) is 5.38 Å². The fourth-order valence-electron chi connectivity index (χ4n) is 1.80. The number of thiazole rings is 1. The Kier molecular flexibility index (Phi) is 4.66. The summed E-state index contributed by atoms with van der Waals surface area (Å²) in [5, 5.41) is 2.95. The predicted octanol–water partition coefficient (Wildman–Crippen LogP) is 2.16. The number of amides is 1. The number of anilines is 1. The van der Waals surface area contributed by atoms with Crippen molar-refractivity contribution in [2.45, 2.75) is 12.8 Å². The molecule has 1 fully saturated rings. The summed E-state index contributed by atoms with van der Waals surface area (Å²) in [6.07, 6.45) is -0.224. The molecule has 0 spiro atoms. The average molecular weight is 290 g/mol. The summed E-state index contributed by atoms with van der Waals surface area (Å²) in [7, 11) is 0. The molecular formula is C11H16ClN3O2S. The molecule has 0 aromatic carbocycles. The number of carbonyl (C=O) groups is 1. The number of rotatable bonds is 3. The number of alkyl halides is 1. The molecule has 1 saturated heterocycles. The Labute approximate surface area is 115 Å². The standard InChI is InChI=1S/C11H16ClN3O2S/c1-2-17-11(16)15-5-3-14(4-6-15)10-13-9(7-12)8-18-10/h8H,2-7H2,1H3. The number of ether oxygens (including phenoxy) is 1. The monoisotopic (exact) mass is 289 g/mol. The highest BCUT2D eigenvalue weighted by molar-refractivity contribution is 7.13. The molecule has 7 heteroatoms. The molecule has 0 aliphatic carbocycles. The molecule has 0 unspecified atom stereocenters. The number of carbonyl (C=O) groups excluding carboxylic acids is 1. The van der Waals surface area contributed by atoms with Crippen molar-refractivity contribution in [3.63, 3.8) is 0 Å². The first-order valence-electron chi connectivity index (χ1n) is 5.91. The maximum absolute atomic E-state index is 11.5. The van der Waals surface area contributed by atoms with E-state index in [1.807, 2.05) is 12.3 Å². The van der Waals surface area contributed by atoms with Crippen LogP contribution in [0, 0.1) is 0 Å². The lowest BCUT2D eigenvalue weighted by Gasteiger charge is -2.33. The van der Waals surface area contributed by atoms with E-state index in [0.717, 1.165) is 23.9 Å². The summed E-state index contributed by atoms with van der Waals surface area (Å²) >= 11 is 7.33. The minimum Gasteiger partial charge on any atom is -0.450 e. The summed E-state index contributed by atoms with van der Waals surface area (Å²) in [5.74, 6) is 0.444. The van der Waals surface area contributed by atoms with Gasteiger partial charge in [-0.3, -0.25) is 0 Å². The molecule has 1 aromatic rings. The highest BCUT2D eigenvalue weighted by Crippen LogP contribution is 2.22. The number of aromatic nitrogens is 1. The van der Waals surface area contributed by atoms with Crippen LogP contribution >= 0.6 is 22.9 Å². The molecule has 0 radical (unpaired) electrons. The van der Waals surface area contributed by atoms with Crippen LogP contribution in [0.2, 0.25) is 0 Å². The van der Waals surface area contributed by atoms with Crippen molar-refractivity contribution in [1.82, 2.24) is 9.88 Å². The summed E-state index contributed by atoms with van der Waals surface area (Å²) in [5.41, 5.74) is 0.907. The predicted molar refractivity (Wildman–Crippen MR) is 72.5 cm³/mol. The molecule has 18 heavy (non-hydrogen) atoms. The van der Waals surface area contributed by atoms with Crippen LogP contribution in [0.5, 0.6) is 0 Å². The van der Waals surface area contributed by atoms with E-state index in [1.54, 1.807) is 16.2 Å². The quantitative estimate of drug-likeness (QED) is 0.800. The Morgan fingerprint density at radius 1 is 1.50 bits per heavy atom. The van der Waals surface area contributed by atoms with Crippen LogP contribution in [0.3, 0.4) is 0 Å². The van der Waals surface area contributed by atoms with Gasteiger partial charge in [0.2, 0.25) is 0 Å². The third-order valence-electron chi connectivity index (χ3n) is 2.75. The Balaban J connectivity index is 1.88. The first kappa shape index (κ1) is 13.4. The zero-order valence-corrected chi connectivity index (χ0v) is 11.8. The molecule has 5 nitrogen and oxygen atoms in total. The van der Waals surface area contributed by atoms with E-state index in [-0.39, 0.29) is 6.09 Å². The smallest absolute Gasteiger partial charge is 0.409 e. The van der Waals surface area contributed by atoms with Crippen molar-refractivity contribution in [3.8, 4) is 0 Å². The molecule has 1 aromatic heterocycles. The van der Waals surface area contributed by atoms with Crippen LogP contribution in [0.4, 0.5) is 9.93 Å². The summed E-state index contributed by atoms with van der Waals surface area (Å²) < 4.78 is 4.98. The lowest BCUT2D eigenvalue weighted by Crippen LogP contribution is -2.49. The van der Waals surface area contributed by atoms with E-state index >= 15 is 0 Å². The van der Waals surface area contributed by atoms with Crippen molar-refractivity contribution >= 4 is 34.2 Å². The van der Waals surface area contributed by atoms with E-state index in [9.17, 15) is 4.79 Å². The van der Waals surface area contributed by atoms with Gasteiger partial charge in [-0.2, -0.15) is 0 Å². The second kappa shape index (κ2) is 6.24. The van der Waals surface area contributed by atoms with Gasteiger partial charge in [-0.15, -0.1) is 22.9 Å². The third-order valence-corrected chi connectivity index (χ3v) is 3.98. The van der Waals surface area contributed by atoms with E-state index in [1.165, 1.54) is 0 Å². The van der Waals surface area contributed by atoms with Crippen LogP contribution < -0.4 is 4.90 Å². The summed E-state index contributed by atoms with van der Waals surface area (Å²) in [6.45, 7) is 5.16. The lowest BCUT2D eigenvalue weighted by molar-refractivity contribution is 0.105. The maximum Gasteiger partial charge on any atom is 0.409 e. The number of hydrogen-bond donors (Lipinski definition) is 0. The second-order valence-corrected chi connectivity index (χ2v) is 5.03. The molecular weight excluding hydrogens is 274 g/mol. The number of piperazine rings is 1. The Morgan fingerprint density at radius 2 is 2.22 bits per heavy atom. The van der Waals surface area contributed by atoms with Gasteiger partial charge in [0.05, 0.1) is 18.2 Å². The highest BCUT2D eigenvalue weighted by atomic mass is 35.5. The van der Waals surface area contributed by atoms with Gasteiger partial charge in [0.25, 0.3) is 0 Å². The Hall–Kier alpha value is -1.01. The van der Waals surface area contributed by atoms with Gasteiger partial charge in [-0.1, -0.05) is 0 Å². The largest absolute Gasteiger partial charge is 0.450 e. The molecule has 1 aliphatic rings. The third kappa shape index (κ3) is 3.05. The number of nitrogens with zero attached hydrogens (tertiary/aromatic N) is 3. The fraction of sp³-hybridized carbons (Fsp3) is 0.636. The van der Waals surface area contributed by atoms with Gasteiger partial charge in [-0.05, 0) is 6.92 Å². The van der Waals surface area contributed by atoms with Crippen LogP contribution in [0.25, 0.3) is 0 Å². The first-order chi connectivity index (χ1) is 8.74. The van der Waals surface area contributed by atoms with E-state index < -0.39 is 0 Å². The zero-order chi connectivity index (χ0) is 13.0. The topological polar surface area (TPSA) is 45.7 Å². The van der Waals surface area contributed by atoms with Gasteiger partial charge in [-0.25, -0.2) is 9.78 Å². The SMILES string of the molecule is CCOC(=O)N1CCN(c2nc(CCl)cs2)CC1. The van der Waals surface area contributed by atoms with Crippen molar-refractivity contribution in [3.05, 3.63) is 11.1 Å². The van der Waals surface area contributed by atoms with Crippen molar-refractivity contribution in [2.75, 3.05) is 37.7 Å². The molecule has 1 aliphatic heterocycles. The van der Waals surface area contributed by atoms with Crippen molar-refractivity contribution in [2.24, 2.45) is 0 Å². The van der Waals surface area contributed by atoms with E-state index in [2.05, 4.69) is 9.88 Å². The molecule has 0 saturated carbocycles. The van der Waals surface area contributed by atoms with Crippen LogP contribution in [-0.4, -0.2) is 48.8 Å². The van der Waals surface area contributed by atoms with Gasteiger partial charge >= 0.3 is 6.09 Å². The summed E-state index contributed by atoms with van der Waals surface area (Å²) in [6, 6.07) is 0. The van der Waals surface area contributed by atoms with Crippen molar-refractivity contribution < 1.29 is 9.53 Å². The normalized spacial score (nSPS) is 15.9. The number of hydrogen-bond acceptors (Lipinski definition) is 5. The number of halogens is 1. The minimum atomic E-state index is -0.224. The molecule has 2 rings (SSSR count). The van der Waals surface area contributed by atoms with E-state index in [0.29, 0.717) is 25.6 Å². The average Bonchev–Trinajstić information content (AvgIpc) is 2.88. The van der Waals surface area contributed by atoms with E-state index in [4.69, 9.17) is 16.3 Å². The van der Waals surface area contributed by atoms with Gasteiger partial charge in [0.15, 0.2) is 5.13 Å². The van der Waals surface area contributed by atoms with Crippen molar-refractivity contribution in [1.29, 1.82) is 0 Å². The summed E-state index contributed by atoms with van der Waals surface area (Å²) in [4.78, 5) is 19.9. The lowest BCUT2D eigenvalue weighted by atomic mass is 10.3. The maximum atomic E-state index is 11.5. The van der Waals surface area contributed by atoms with Gasteiger partial charge < -0.3 is 14.5 Å². The van der Waals surface area contributed by atoms with Gasteiger partial charge in [0, 0.05) is 31.6 Å². The molecule has 1 amide bonds.